The van der Waals surface area contributed by atoms with Gasteiger partial charge in [-0.05, 0) is 40.3 Å². The molecule has 0 aromatic carbocycles. The molecule has 0 amide bonds. The molecule has 1 aliphatic heterocycles. The first-order valence-electron chi connectivity index (χ1n) is 8.21. The van der Waals surface area contributed by atoms with Crippen LogP contribution in [0.3, 0.4) is 0 Å². The third-order valence-corrected chi connectivity index (χ3v) is 3.42. The summed E-state index contributed by atoms with van der Waals surface area (Å²) in [7, 11) is 4.32. The number of ether oxygens (including phenoxy) is 1. The van der Waals surface area contributed by atoms with E-state index in [1.807, 2.05) is 6.92 Å². The van der Waals surface area contributed by atoms with Crippen molar-refractivity contribution < 1.29 is 9.53 Å². The van der Waals surface area contributed by atoms with Crippen LogP contribution in [-0.2, 0) is 9.53 Å². The number of unbranched alkanes of at least 4 members (excludes halogenated alkanes) is 1. The summed E-state index contributed by atoms with van der Waals surface area (Å²) in [6, 6.07) is 0.721. The molecule has 0 bridgehead atoms. The second kappa shape index (κ2) is 15.0. The smallest absolute Gasteiger partial charge is 0.119 e. The number of nitrogens with zero attached hydrogens (tertiary/aromatic N) is 1. The quantitative estimate of drug-likeness (QED) is 0.722. The van der Waals surface area contributed by atoms with Crippen LogP contribution in [-0.4, -0.2) is 43.5 Å². The Morgan fingerprint density at radius 2 is 1.60 bits per heavy atom. The first-order valence-corrected chi connectivity index (χ1v) is 8.21. The zero-order valence-electron chi connectivity index (χ0n) is 14.8. The average molecular weight is 287 g/mol. The van der Waals surface area contributed by atoms with Crippen LogP contribution in [0.1, 0.15) is 73.1 Å². The Kier molecular flexibility index (Phi) is 16.4. The van der Waals surface area contributed by atoms with E-state index < -0.39 is 0 Å². The summed E-state index contributed by atoms with van der Waals surface area (Å²) in [6.45, 7) is 10.6. The maximum absolute atomic E-state index is 9.17. The largest absolute Gasteiger partial charge is 0.375 e. The third-order valence-electron chi connectivity index (χ3n) is 3.42. The highest BCUT2D eigenvalue weighted by Gasteiger charge is 2.26. The molecule has 0 aliphatic carbocycles. The minimum Gasteiger partial charge on any atom is -0.375 e. The van der Waals surface area contributed by atoms with Crippen LogP contribution in [0.4, 0.5) is 0 Å². The van der Waals surface area contributed by atoms with Crippen molar-refractivity contribution in [1.29, 1.82) is 0 Å². The van der Waals surface area contributed by atoms with Crippen molar-refractivity contribution in [2.75, 3.05) is 14.1 Å². The van der Waals surface area contributed by atoms with E-state index in [2.05, 4.69) is 46.7 Å². The molecule has 1 fully saturated rings. The summed E-state index contributed by atoms with van der Waals surface area (Å²) < 4.78 is 5.79. The molecule has 0 aromatic heterocycles. The predicted molar refractivity (Wildman–Crippen MR) is 88.3 cm³/mol. The molecule has 122 valence electrons. The monoisotopic (exact) mass is 287 g/mol. The number of carbonyl (C=O) groups excluding carboxylic acids is 1. The van der Waals surface area contributed by atoms with Gasteiger partial charge in [0.2, 0.25) is 0 Å². The highest BCUT2D eigenvalue weighted by molar-refractivity contribution is 5.48. The van der Waals surface area contributed by atoms with Crippen molar-refractivity contribution in [3.05, 3.63) is 0 Å². The van der Waals surface area contributed by atoms with Crippen LogP contribution in [0.2, 0.25) is 0 Å². The molecule has 1 saturated heterocycles. The van der Waals surface area contributed by atoms with Gasteiger partial charge in [0, 0.05) is 12.5 Å². The molecule has 0 saturated carbocycles. The SMILES string of the molecule is CCC1CC(N(C)C)CC(C)O1.CCC=O.CCCC. The number of carbonyl (C=O) groups is 1. The van der Waals surface area contributed by atoms with Crippen LogP contribution in [0.15, 0.2) is 0 Å². The third kappa shape index (κ3) is 12.6. The van der Waals surface area contributed by atoms with E-state index in [0.29, 0.717) is 18.6 Å². The number of hydrogen-bond acceptors (Lipinski definition) is 3. The lowest BCUT2D eigenvalue weighted by Crippen LogP contribution is -2.41. The zero-order valence-corrected chi connectivity index (χ0v) is 14.8. The molecule has 0 aromatic rings. The summed E-state index contributed by atoms with van der Waals surface area (Å²) >= 11 is 0. The van der Waals surface area contributed by atoms with Crippen molar-refractivity contribution in [3.8, 4) is 0 Å². The van der Waals surface area contributed by atoms with Gasteiger partial charge in [-0.25, -0.2) is 0 Å². The number of rotatable bonds is 4. The van der Waals surface area contributed by atoms with Gasteiger partial charge in [0.15, 0.2) is 0 Å². The van der Waals surface area contributed by atoms with Crippen LogP contribution in [0, 0.1) is 0 Å². The van der Waals surface area contributed by atoms with Crippen molar-refractivity contribution in [3.63, 3.8) is 0 Å². The Bertz CT molecular complexity index is 205. The molecule has 0 spiro atoms. The Hall–Kier alpha value is -0.410. The molecule has 1 aliphatic rings. The van der Waals surface area contributed by atoms with E-state index >= 15 is 0 Å². The average Bonchev–Trinajstić information content (AvgIpc) is 2.46. The maximum atomic E-state index is 9.17. The van der Waals surface area contributed by atoms with Gasteiger partial charge < -0.3 is 14.4 Å². The molecule has 0 N–H and O–H groups in total. The molecule has 0 radical (unpaired) electrons. The molecule has 3 nitrogen and oxygen atoms in total. The Labute approximate surface area is 127 Å². The van der Waals surface area contributed by atoms with Gasteiger partial charge >= 0.3 is 0 Å². The zero-order chi connectivity index (χ0) is 16.0. The van der Waals surface area contributed by atoms with Crippen molar-refractivity contribution in [1.82, 2.24) is 4.90 Å². The fraction of sp³-hybridized carbons (Fsp3) is 0.941. The Balaban J connectivity index is 0. The lowest BCUT2D eigenvalue weighted by molar-refractivity contribution is -0.107. The van der Waals surface area contributed by atoms with E-state index in [0.717, 1.165) is 18.7 Å². The van der Waals surface area contributed by atoms with Crippen molar-refractivity contribution >= 4 is 6.29 Å². The molecule has 1 rings (SSSR count). The lowest BCUT2D eigenvalue weighted by atomic mass is 9.97. The van der Waals surface area contributed by atoms with Crippen LogP contribution >= 0.6 is 0 Å². The second-order valence-corrected chi connectivity index (χ2v) is 5.64. The highest BCUT2D eigenvalue weighted by atomic mass is 16.5. The van der Waals surface area contributed by atoms with Gasteiger partial charge in [-0.3, -0.25) is 0 Å². The normalized spacial score (nSPS) is 25.1. The van der Waals surface area contributed by atoms with Gasteiger partial charge in [-0.15, -0.1) is 0 Å². The topological polar surface area (TPSA) is 29.5 Å². The fourth-order valence-electron chi connectivity index (χ4n) is 1.91. The van der Waals surface area contributed by atoms with Crippen molar-refractivity contribution in [2.45, 2.75) is 91.4 Å². The predicted octanol–water partition coefficient (Wildman–Crippen LogP) is 4.30. The summed E-state index contributed by atoms with van der Waals surface area (Å²) in [5.74, 6) is 0. The first kappa shape index (κ1) is 21.9. The van der Waals surface area contributed by atoms with Crippen LogP contribution < -0.4 is 0 Å². The Morgan fingerprint density at radius 1 is 1.10 bits per heavy atom. The molecule has 3 heteroatoms. The van der Waals surface area contributed by atoms with Crippen LogP contribution in [0.25, 0.3) is 0 Å². The first-order chi connectivity index (χ1) is 9.46. The lowest BCUT2D eigenvalue weighted by Gasteiger charge is -2.36. The van der Waals surface area contributed by atoms with E-state index in [9.17, 15) is 4.79 Å². The van der Waals surface area contributed by atoms with Gasteiger partial charge in [0.1, 0.15) is 6.29 Å². The molecular formula is C17H37NO2. The molecule has 3 unspecified atom stereocenters. The minimum absolute atomic E-state index is 0.441. The van der Waals surface area contributed by atoms with Gasteiger partial charge in [0.05, 0.1) is 12.2 Å². The minimum atomic E-state index is 0.441. The summed E-state index contributed by atoms with van der Waals surface area (Å²) in [6.07, 6.45) is 8.61. The second-order valence-electron chi connectivity index (χ2n) is 5.64. The van der Waals surface area contributed by atoms with Gasteiger partial charge in [-0.1, -0.05) is 40.5 Å². The van der Waals surface area contributed by atoms with Gasteiger partial charge in [0.25, 0.3) is 0 Å². The fourth-order valence-corrected chi connectivity index (χ4v) is 1.91. The van der Waals surface area contributed by atoms with E-state index in [1.165, 1.54) is 25.7 Å². The summed E-state index contributed by atoms with van der Waals surface area (Å²) in [5.41, 5.74) is 0. The molecule has 3 atom stereocenters. The molecular weight excluding hydrogens is 250 g/mol. The van der Waals surface area contributed by atoms with Crippen LogP contribution in [0.5, 0.6) is 0 Å². The van der Waals surface area contributed by atoms with Gasteiger partial charge in [-0.2, -0.15) is 0 Å². The number of hydrogen-bond donors (Lipinski definition) is 0. The number of aldehydes is 1. The summed E-state index contributed by atoms with van der Waals surface area (Å²) in [4.78, 5) is 11.5. The standard InChI is InChI=1S/C10H21NO.C4H10.C3H6O/c1-5-10-7-9(11(3)4)6-8(2)12-10;1-3-4-2;1-2-3-4/h8-10H,5-7H2,1-4H3;3-4H2,1-2H3;3H,2H2,1H3. The van der Waals surface area contributed by atoms with E-state index in [4.69, 9.17) is 4.74 Å². The van der Waals surface area contributed by atoms with Crippen molar-refractivity contribution in [2.24, 2.45) is 0 Å². The summed E-state index contributed by atoms with van der Waals surface area (Å²) in [5, 5.41) is 0. The van der Waals surface area contributed by atoms with E-state index in [-0.39, 0.29) is 0 Å². The molecule has 1 heterocycles. The molecule has 20 heavy (non-hydrogen) atoms. The highest BCUT2D eigenvalue weighted by Crippen LogP contribution is 2.23. The Morgan fingerprint density at radius 3 is 1.90 bits per heavy atom. The van der Waals surface area contributed by atoms with E-state index in [1.54, 1.807) is 0 Å². The maximum Gasteiger partial charge on any atom is 0.119 e.